The number of para-hydroxylation sites is 2. The van der Waals surface area contributed by atoms with Crippen LogP contribution in [0.2, 0.25) is 0 Å². The summed E-state index contributed by atoms with van der Waals surface area (Å²) in [6.07, 6.45) is 1.97. The standard InChI is InChI=1S/C59H33N3/c1-3-17-44-37(12-1)38-13-2-4-18-45(38)57-56(44)60-33-53(61-57)36-25-28-42-41-27-24-35(31-51(41)59(52(42)32-36)49-21-8-5-14-39(49)40-15-6-9-22-50(40)59)34-26-29-55-48(30-34)47-20-11-19-46-43-16-7-10-23-54(43)62(55)58(46)47/h1-33H. The number of benzene rings is 10. The van der Waals surface area contributed by atoms with E-state index in [1.165, 1.54) is 105 Å². The van der Waals surface area contributed by atoms with Crippen LogP contribution in [-0.4, -0.2) is 14.4 Å². The van der Waals surface area contributed by atoms with Gasteiger partial charge in [-0.3, -0.25) is 4.98 Å². The van der Waals surface area contributed by atoms with Gasteiger partial charge in [0.25, 0.3) is 0 Å². The summed E-state index contributed by atoms with van der Waals surface area (Å²) >= 11 is 0. The molecule has 2 aliphatic carbocycles. The SMILES string of the molecule is c1ccc2c(c1)-c1ccccc1C21c2cc(-c3ccc4c(c3)c3cccc5c6ccccc6n4c53)ccc2-c2ccc(-c3cnc4c5ccccc5c5ccccc5c4n3)cc21. The molecule has 0 N–H and O–H groups in total. The van der Waals surface area contributed by atoms with Gasteiger partial charge in [-0.15, -0.1) is 0 Å². The van der Waals surface area contributed by atoms with E-state index < -0.39 is 5.41 Å². The second-order valence-electron chi connectivity index (χ2n) is 17.2. The molecule has 0 saturated carbocycles. The van der Waals surface area contributed by atoms with Gasteiger partial charge in [0.15, 0.2) is 0 Å². The van der Waals surface area contributed by atoms with E-state index in [0.29, 0.717) is 0 Å². The van der Waals surface area contributed by atoms with Crippen molar-refractivity contribution in [1.82, 2.24) is 14.4 Å². The van der Waals surface area contributed by atoms with Gasteiger partial charge in [-0.2, -0.15) is 0 Å². The van der Waals surface area contributed by atoms with Gasteiger partial charge in [-0.1, -0.05) is 164 Å². The summed E-state index contributed by atoms with van der Waals surface area (Å²) in [7, 11) is 0. The largest absolute Gasteiger partial charge is 0.308 e. The lowest BCUT2D eigenvalue weighted by atomic mass is 9.70. The Bertz CT molecular complexity index is 4030. The highest BCUT2D eigenvalue weighted by Gasteiger charge is 2.51. The second kappa shape index (κ2) is 11.6. The molecule has 3 nitrogen and oxygen atoms in total. The summed E-state index contributed by atoms with van der Waals surface area (Å²) < 4.78 is 2.46. The maximum Gasteiger partial charge on any atom is 0.0979 e. The minimum atomic E-state index is -0.517. The van der Waals surface area contributed by atoms with Crippen molar-refractivity contribution in [2.24, 2.45) is 0 Å². The van der Waals surface area contributed by atoms with Gasteiger partial charge in [0, 0.05) is 37.9 Å². The Morgan fingerprint density at radius 3 is 1.56 bits per heavy atom. The molecule has 0 bridgehead atoms. The van der Waals surface area contributed by atoms with Gasteiger partial charge in [0.05, 0.1) is 44.9 Å². The molecule has 0 saturated heterocycles. The lowest BCUT2D eigenvalue weighted by Gasteiger charge is -2.31. The highest BCUT2D eigenvalue weighted by atomic mass is 14.9. The van der Waals surface area contributed by atoms with E-state index in [1.807, 2.05) is 6.20 Å². The van der Waals surface area contributed by atoms with Gasteiger partial charge in [-0.25, -0.2) is 4.98 Å². The maximum atomic E-state index is 5.46. The number of fused-ring (bicyclic) bond motifs is 22. The van der Waals surface area contributed by atoms with Crippen LogP contribution in [-0.2, 0) is 5.41 Å². The van der Waals surface area contributed by atoms with Crippen molar-refractivity contribution in [3.8, 4) is 44.6 Å². The van der Waals surface area contributed by atoms with Gasteiger partial charge in [0.2, 0.25) is 0 Å². The van der Waals surface area contributed by atoms with Crippen molar-refractivity contribution in [3.63, 3.8) is 0 Å². The fourth-order valence-electron chi connectivity index (χ4n) is 11.9. The molecule has 0 aliphatic heterocycles. The smallest absolute Gasteiger partial charge is 0.0979 e. The zero-order valence-corrected chi connectivity index (χ0v) is 33.4. The molecule has 3 heterocycles. The van der Waals surface area contributed by atoms with Crippen LogP contribution in [0.1, 0.15) is 22.3 Å². The number of hydrogen-bond acceptors (Lipinski definition) is 2. The van der Waals surface area contributed by atoms with Crippen LogP contribution in [0.25, 0.3) is 115 Å². The third kappa shape index (κ3) is 3.93. The Kier molecular flexibility index (Phi) is 6.10. The molecular formula is C59H33N3. The first-order valence-corrected chi connectivity index (χ1v) is 21.5. The molecule has 2 aliphatic rings. The van der Waals surface area contributed by atoms with Gasteiger partial charge >= 0.3 is 0 Å². The lowest BCUT2D eigenvalue weighted by molar-refractivity contribution is 0.794. The molecule has 3 aromatic heterocycles. The molecule has 0 amide bonds. The Balaban J connectivity index is 0.964. The fraction of sp³-hybridized carbons (Fsp3) is 0.0169. The average Bonchev–Trinajstić information content (AvgIpc) is 4.05. The van der Waals surface area contributed by atoms with E-state index in [9.17, 15) is 0 Å². The second-order valence-corrected chi connectivity index (χ2v) is 17.2. The van der Waals surface area contributed by atoms with E-state index in [2.05, 4.69) is 199 Å². The minimum Gasteiger partial charge on any atom is -0.308 e. The van der Waals surface area contributed by atoms with E-state index >= 15 is 0 Å². The van der Waals surface area contributed by atoms with E-state index in [-0.39, 0.29) is 0 Å². The van der Waals surface area contributed by atoms with Crippen LogP contribution in [0.3, 0.4) is 0 Å². The molecule has 0 radical (unpaired) electrons. The first-order chi connectivity index (χ1) is 30.8. The molecule has 284 valence electrons. The third-order valence-electron chi connectivity index (χ3n) is 14.4. The van der Waals surface area contributed by atoms with Crippen LogP contribution < -0.4 is 0 Å². The van der Waals surface area contributed by atoms with Gasteiger partial charge < -0.3 is 4.40 Å². The van der Waals surface area contributed by atoms with Crippen molar-refractivity contribution in [2.75, 3.05) is 0 Å². The zero-order valence-electron chi connectivity index (χ0n) is 33.4. The molecule has 0 unspecified atom stereocenters. The van der Waals surface area contributed by atoms with Crippen LogP contribution in [0.15, 0.2) is 200 Å². The van der Waals surface area contributed by atoms with Crippen molar-refractivity contribution >= 4 is 70.7 Å². The predicted molar refractivity (Wildman–Crippen MR) is 256 cm³/mol. The monoisotopic (exact) mass is 783 g/mol. The Hall–Kier alpha value is -8.14. The quantitative estimate of drug-likeness (QED) is 0.163. The summed E-state index contributed by atoms with van der Waals surface area (Å²) in [5, 5.41) is 9.84. The summed E-state index contributed by atoms with van der Waals surface area (Å²) in [5.41, 5.74) is 19.9. The normalized spacial score (nSPS) is 13.6. The van der Waals surface area contributed by atoms with Gasteiger partial charge in [0.1, 0.15) is 0 Å². The fourth-order valence-corrected chi connectivity index (χ4v) is 11.9. The molecule has 10 aromatic carbocycles. The molecule has 13 aromatic rings. The zero-order chi connectivity index (χ0) is 40.3. The van der Waals surface area contributed by atoms with Crippen molar-refractivity contribution in [1.29, 1.82) is 0 Å². The first-order valence-electron chi connectivity index (χ1n) is 21.5. The van der Waals surface area contributed by atoms with E-state index in [4.69, 9.17) is 9.97 Å². The molecule has 62 heavy (non-hydrogen) atoms. The number of nitrogens with zero attached hydrogens (tertiary/aromatic N) is 3. The number of hydrogen-bond donors (Lipinski definition) is 0. The predicted octanol–water partition coefficient (Wildman–Crippen LogP) is 14.8. The Labute approximate surface area is 356 Å². The summed E-state index contributed by atoms with van der Waals surface area (Å²) in [6, 6.07) is 72.1. The highest BCUT2D eigenvalue weighted by Crippen LogP contribution is 2.63. The highest BCUT2D eigenvalue weighted by molar-refractivity contribution is 6.24. The molecule has 0 fully saturated rings. The molecule has 3 heteroatoms. The number of aromatic nitrogens is 3. The summed E-state index contributed by atoms with van der Waals surface area (Å²) in [6.45, 7) is 0. The van der Waals surface area contributed by atoms with E-state index in [0.717, 1.165) is 33.1 Å². The van der Waals surface area contributed by atoms with Crippen LogP contribution in [0.5, 0.6) is 0 Å². The van der Waals surface area contributed by atoms with Crippen molar-refractivity contribution in [3.05, 3.63) is 223 Å². The van der Waals surface area contributed by atoms with Crippen LogP contribution >= 0.6 is 0 Å². The summed E-state index contributed by atoms with van der Waals surface area (Å²) in [4.78, 5) is 10.6. The maximum absolute atomic E-state index is 5.46. The van der Waals surface area contributed by atoms with Crippen LogP contribution in [0, 0.1) is 0 Å². The Morgan fingerprint density at radius 2 is 0.839 bits per heavy atom. The molecule has 1 spiro atoms. The number of rotatable bonds is 2. The van der Waals surface area contributed by atoms with Crippen LogP contribution in [0.4, 0.5) is 0 Å². The topological polar surface area (TPSA) is 30.2 Å². The van der Waals surface area contributed by atoms with Crippen molar-refractivity contribution < 1.29 is 0 Å². The first kappa shape index (κ1) is 32.7. The molecule has 0 atom stereocenters. The molecular weight excluding hydrogens is 751 g/mol. The van der Waals surface area contributed by atoms with E-state index in [1.54, 1.807) is 0 Å². The molecule has 15 rings (SSSR count). The average molecular weight is 784 g/mol. The third-order valence-corrected chi connectivity index (χ3v) is 14.4. The summed E-state index contributed by atoms with van der Waals surface area (Å²) in [5.74, 6) is 0. The minimum absolute atomic E-state index is 0.517. The lowest BCUT2D eigenvalue weighted by Crippen LogP contribution is -2.26. The van der Waals surface area contributed by atoms with Crippen molar-refractivity contribution in [2.45, 2.75) is 5.41 Å². The van der Waals surface area contributed by atoms with Gasteiger partial charge in [-0.05, 0) is 96.7 Å². The Morgan fingerprint density at radius 1 is 0.339 bits per heavy atom.